The van der Waals surface area contributed by atoms with Gasteiger partial charge in [-0.1, -0.05) is 12.2 Å². The van der Waals surface area contributed by atoms with Crippen LogP contribution in [0.5, 0.6) is 0 Å². The topological polar surface area (TPSA) is 87.6 Å². The second kappa shape index (κ2) is 7.25. The Morgan fingerprint density at radius 1 is 1.42 bits per heavy atom. The van der Waals surface area contributed by atoms with Crippen molar-refractivity contribution < 1.29 is 14.4 Å². The van der Waals surface area contributed by atoms with Crippen molar-refractivity contribution in [3.8, 4) is 0 Å². The van der Waals surface area contributed by atoms with Crippen LogP contribution in [0.1, 0.15) is 26.7 Å². The van der Waals surface area contributed by atoms with Crippen molar-refractivity contribution in [2.75, 3.05) is 0 Å². The summed E-state index contributed by atoms with van der Waals surface area (Å²) in [5, 5.41) is 4.75. The maximum Gasteiger partial charge on any atom is 0.270 e. The largest absolute Gasteiger partial charge is 0.339 e. The van der Waals surface area contributed by atoms with E-state index in [4.69, 9.17) is 0 Å². The van der Waals surface area contributed by atoms with E-state index in [0.717, 1.165) is 0 Å². The van der Waals surface area contributed by atoms with Gasteiger partial charge < -0.3 is 5.32 Å². The minimum Gasteiger partial charge on any atom is -0.339 e. The molecule has 0 aliphatic carbocycles. The van der Waals surface area contributed by atoms with E-state index < -0.39 is 17.9 Å². The fourth-order valence-corrected chi connectivity index (χ4v) is 1.57. The molecule has 0 aromatic heterocycles. The molecule has 6 nitrogen and oxygen atoms in total. The Morgan fingerprint density at radius 3 is 2.74 bits per heavy atom. The summed E-state index contributed by atoms with van der Waals surface area (Å²) in [5.41, 5.74) is 0.213. The molecule has 102 valence electrons. The minimum atomic E-state index is -0.689. The summed E-state index contributed by atoms with van der Waals surface area (Å²) in [4.78, 5) is 38.4. The lowest BCUT2D eigenvalue weighted by atomic mass is 10.1. The molecule has 1 rings (SSSR count). The average Bonchev–Trinajstić information content (AvgIpc) is 2.37. The third-order valence-electron chi connectivity index (χ3n) is 2.49. The number of rotatable bonds is 4. The molecule has 0 bridgehead atoms. The number of carbonyl (C=O) groups is 3. The van der Waals surface area contributed by atoms with Crippen LogP contribution in [-0.2, 0) is 14.4 Å². The van der Waals surface area contributed by atoms with Crippen LogP contribution in [0.4, 0.5) is 0 Å². The third-order valence-corrected chi connectivity index (χ3v) is 2.49. The van der Waals surface area contributed by atoms with Crippen molar-refractivity contribution in [2.45, 2.75) is 32.7 Å². The number of nitrogens with zero attached hydrogens (tertiary/aromatic N) is 1. The van der Waals surface area contributed by atoms with Gasteiger partial charge in [0.1, 0.15) is 11.7 Å². The van der Waals surface area contributed by atoms with Crippen molar-refractivity contribution in [3.63, 3.8) is 0 Å². The molecule has 2 N–H and O–H groups in total. The van der Waals surface area contributed by atoms with Crippen molar-refractivity contribution >= 4 is 23.9 Å². The number of allylic oxidation sites excluding steroid dienone is 3. The predicted octanol–water partition coefficient (Wildman–Crippen LogP) is 0.459. The van der Waals surface area contributed by atoms with E-state index in [1.807, 2.05) is 6.92 Å². The number of aliphatic imine (C=N–C) groups is 1. The van der Waals surface area contributed by atoms with E-state index in [-0.39, 0.29) is 18.0 Å². The van der Waals surface area contributed by atoms with Crippen LogP contribution in [-0.4, -0.2) is 30.0 Å². The summed E-state index contributed by atoms with van der Waals surface area (Å²) in [6, 6.07) is -0.689. The number of piperidine rings is 1. The van der Waals surface area contributed by atoms with E-state index in [1.54, 1.807) is 25.2 Å². The van der Waals surface area contributed by atoms with E-state index in [9.17, 15) is 14.4 Å². The molecular weight excluding hydrogens is 246 g/mol. The lowest BCUT2D eigenvalue weighted by Gasteiger charge is -2.21. The molecule has 1 unspecified atom stereocenters. The van der Waals surface area contributed by atoms with Crippen LogP contribution in [0.25, 0.3) is 0 Å². The second-order valence-corrected chi connectivity index (χ2v) is 3.94. The smallest absolute Gasteiger partial charge is 0.270 e. The highest BCUT2D eigenvalue weighted by Gasteiger charge is 2.28. The molecular formula is C13H17N3O3. The predicted molar refractivity (Wildman–Crippen MR) is 71.4 cm³/mol. The summed E-state index contributed by atoms with van der Waals surface area (Å²) in [5.74, 6) is -1.23. The van der Waals surface area contributed by atoms with Gasteiger partial charge in [0.05, 0.1) is 0 Å². The van der Waals surface area contributed by atoms with Gasteiger partial charge in [-0.05, 0) is 26.3 Å². The van der Waals surface area contributed by atoms with Crippen LogP contribution in [0, 0.1) is 0 Å². The monoisotopic (exact) mass is 263 g/mol. The van der Waals surface area contributed by atoms with Gasteiger partial charge in [-0.25, -0.2) is 0 Å². The average molecular weight is 263 g/mol. The minimum absolute atomic E-state index is 0.213. The summed E-state index contributed by atoms with van der Waals surface area (Å²) in [6.07, 6.45) is 7.04. The van der Waals surface area contributed by atoms with Crippen molar-refractivity contribution in [2.24, 2.45) is 4.99 Å². The first-order valence-corrected chi connectivity index (χ1v) is 6.04. The van der Waals surface area contributed by atoms with Gasteiger partial charge >= 0.3 is 0 Å². The SMILES string of the molecule is C\C=C/C=C(\N=C/C)C(=O)NC1CCC(=O)NC1=O. The highest BCUT2D eigenvalue weighted by Crippen LogP contribution is 2.06. The zero-order chi connectivity index (χ0) is 14.3. The van der Waals surface area contributed by atoms with Gasteiger partial charge in [-0.2, -0.15) is 0 Å². The number of hydrogen-bond acceptors (Lipinski definition) is 4. The van der Waals surface area contributed by atoms with Gasteiger partial charge in [0.2, 0.25) is 11.8 Å². The lowest BCUT2D eigenvalue weighted by molar-refractivity contribution is -0.136. The standard InChI is InChI=1S/C13H17N3O3/c1-3-5-6-9(14-4-2)12(18)15-10-7-8-11(17)16-13(10)19/h3-6,10H,7-8H2,1-2H3,(H,15,18)(H,16,17,19)/b5-3-,9-6-,14-4-. The van der Waals surface area contributed by atoms with Gasteiger partial charge in [-0.3, -0.25) is 24.7 Å². The summed E-state index contributed by atoms with van der Waals surface area (Å²) < 4.78 is 0. The number of carbonyl (C=O) groups excluding carboxylic acids is 3. The molecule has 0 aromatic rings. The van der Waals surface area contributed by atoms with Crippen LogP contribution in [0.3, 0.4) is 0 Å². The van der Waals surface area contributed by atoms with Crippen LogP contribution < -0.4 is 10.6 Å². The molecule has 0 spiro atoms. The first-order valence-electron chi connectivity index (χ1n) is 6.04. The van der Waals surface area contributed by atoms with E-state index >= 15 is 0 Å². The number of nitrogens with one attached hydrogen (secondary N) is 2. The van der Waals surface area contributed by atoms with Crippen LogP contribution in [0.15, 0.2) is 28.9 Å². The van der Waals surface area contributed by atoms with Crippen LogP contribution in [0.2, 0.25) is 0 Å². The molecule has 1 fully saturated rings. The summed E-state index contributed by atoms with van der Waals surface area (Å²) in [6.45, 7) is 3.52. The van der Waals surface area contributed by atoms with E-state index in [0.29, 0.717) is 6.42 Å². The normalized spacial score (nSPS) is 20.9. The van der Waals surface area contributed by atoms with Gasteiger partial charge in [0.15, 0.2) is 0 Å². The molecule has 1 atom stereocenters. The molecule has 1 heterocycles. The van der Waals surface area contributed by atoms with Crippen molar-refractivity contribution in [1.29, 1.82) is 0 Å². The maximum absolute atomic E-state index is 11.9. The third kappa shape index (κ3) is 4.50. The molecule has 19 heavy (non-hydrogen) atoms. The Morgan fingerprint density at radius 2 is 2.16 bits per heavy atom. The fraction of sp³-hybridized carbons (Fsp3) is 0.385. The first kappa shape index (κ1) is 14.8. The van der Waals surface area contributed by atoms with Crippen molar-refractivity contribution in [3.05, 3.63) is 23.9 Å². The molecule has 0 saturated carbocycles. The van der Waals surface area contributed by atoms with Gasteiger partial charge in [0.25, 0.3) is 5.91 Å². The Labute approximate surface area is 111 Å². The van der Waals surface area contributed by atoms with E-state index in [2.05, 4.69) is 15.6 Å². The van der Waals surface area contributed by atoms with Crippen LogP contribution >= 0.6 is 0 Å². The molecule has 1 aliphatic rings. The summed E-state index contributed by atoms with van der Waals surface area (Å²) in [7, 11) is 0. The number of imide groups is 1. The first-order chi connectivity index (χ1) is 9.08. The zero-order valence-electron chi connectivity index (χ0n) is 11.0. The highest BCUT2D eigenvalue weighted by molar-refractivity contribution is 6.03. The Hall–Kier alpha value is -2.24. The van der Waals surface area contributed by atoms with Gasteiger partial charge in [-0.15, -0.1) is 0 Å². The van der Waals surface area contributed by atoms with E-state index in [1.165, 1.54) is 6.21 Å². The maximum atomic E-state index is 11.9. The zero-order valence-corrected chi connectivity index (χ0v) is 11.0. The lowest BCUT2D eigenvalue weighted by Crippen LogP contribution is -2.52. The Kier molecular flexibility index (Phi) is 5.66. The quantitative estimate of drug-likeness (QED) is 0.334. The van der Waals surface area contributed by atoms with Gasteiger partial charge in [0, 0.05) is 12.6 Å². The highest BCUT2D eigenvalue weighted by atomic mass is 16.2. The fourth-order valence-electron chi connectivity index (χ4n) is 1.57. The number of amides is 3. The summed E-state index contributed by atoms with van der Waals surface area (Å²) >= 11 is 0. The molecule has 1 aliphatic heterocycles. The Balaban J connectivity index is 2.71. The molecule has 6 heteroatoms. The van der Waals surface area contributed by atoms with Crippen molar-refractivity contribution in [1.82, 2.24) is 10.6 Å². The number of hydrogen-bond donors (Lipinski definition) is 2. The molecule has 3 amide bonds. The molecule has 0 radical (unpaired) electrons. The second-order valence-electron chi connectivity index (χ2n) is 3.94. The molecule has 1 saturated heterocycles. The molecule has 0 aromatic carbocycles. The Bertz CT molecular complexity index is 464.